The van der Waals surface area contributed by atoms with Gasteiger partial charge < -0.3 is 124 Å². The van der Waals surface area contributed by atoms with Crippen molar-refractivity contribution in [3.63, 3.8) is 0 Å². The average Bonchev–Trinajstić information content (AvgIpc) is 0.932. The number of nitrogens with one attached hydrogen (secondary N) is 15. The van der Waals surface area contributed by atoms with Crippen molar-refractivity contribution in [1.29, 1.82) is 10.8 Å². The highest BCUT2D eigenvalue weighted by Crippen LogP contribution is 2.17. The minimum absolute atomic E-state index is 0.00345. The van der Waals surface area contributed by atoms with Crippen molar-refractivity contribution in [2.24, 2.45) is 52.2 Å². The van der Waals surface area contributed by atoms with E-state index in [9.17, 15) is 92.3 Å². The van der Waals surface area contributed by atoms with Crippen LogP contribution in [-0.2, 0) is 84.8 Å². The molecular formula is C71H115N21O19. The topological polar surface area (TPSA) is 697 Å². The van der Waals surface area contributed by atoms with Crippen LogP contribution >= 0.6 is 0 Å². The molecule has 0 aliphatic rings. The van der Waals surface area contributed by atoms with Gasteiger partial charge in [-0.3, -0.25) is 82.7 Å². The zero-order chi connectivity index (χ0) is 83.6. The third-order valence-electron chi connectivity index (χ3n) is 17.1. The Morgan fingerprint density at radius 2 is 0.748 bits per heavy atom. The predicted octanol–water partition coefficient (Wildman–Crippen LogP) is -5.85. The number of guanidine groups is 2. The highest BCUT2D eigenvalue weighted by molar-refractivity contribution is 6.00. The molecule has 0 unspecified atom stereocenters. The lowest BCUT2D eigenvalue weighted by molar-refractivity contribution is -0.141. The summed E-state index contributed by atoms with van der Waals surface area (Å²) in [6.45, 7) is 8.83. The molecule has 31 N–H and O–H groups in total. The summed E-state index contributed by atoms with van der Waals surface area (Å²) in [5.41, 5.74) is 34.1. The number of amides is 14. The molecule has 2 rings (SSSR count). The summed E-state index contributed by atoms with van der Waals surface area (Å²) in [7, 11) is 0. The second-order valence-corrected chi connectivity index (χ2v) is 27.9. The Labute approximate surface area is 643 Å². The molecule has 111 heavy (non-hydrogen) atoms. The second kappa shape index (κ2) is 50.4. The number of rotatable bonds is 54. The van der Waals surface area contributed by atoms with Crippen molar-refractivity contribution in [2.75, 3.05) is 26.2 Å². The van der Waals surface area contributed by atoms with E-state index in [1.165, 1.54) is 31.2 Å². The first-order valence-corrected chi connectivity index (χ1v) is 36.6. The van der Waals surface area contributed by atoms with E-state index in [0.717, 1.165) is 6.92 Å². The summed E-state index contributed by atoms with van der Waals surface area (Å²) in [5.74, 6) is -18.1. The molecule has 0 saturated heterocycles. The molecule has 40 heteroatoms. The zero-order valence-electron chi connectivity index (χ0n) is 63.6. The van der Waals surface area contributed by atoms with Gasteiger partial charge in [0.05, 0.1) is 19.1 Å². The third kappa shape index (κ3) is 38.6. The number of aliphatic carboxylic acids is 1. The van der Waals surface area contributed by atoms with Gasteiger partial charge in [-0.2, -0.15) is 0 Å². The number of carbonyl (C=O) groups excluding carboxylic acids is 14. The van der Waals surface area contributed by atoms with Gasteiger partial charge in [-0.05, 0) is 126 Å². The Morgan fingerprint density at radius 3 is 1.12 bits per heavy atom. The van der Waals surface area contributed by atoms with Crippen LogP contribution in [0.25, 0.3) is 0 Å². The number of carboxylic acid groups (broad SMARTS) is 1. The van der Waals surface area contributed by atoms with Gasteiger partial charge in [0.25, 0.3) is 0 Å². The van der Waals surface area contributed by atoms with Crippen LogP contribution in [0.4, 0.5) is 0 Å². The minimum atomic E-state index is -1.83. The van der Waals surface area contributed by atoms with E-state index in [4.69, 9.17) is 45.2 Å². The largest absolute Gasteiger partial charge is 0.508 e. The van der Waals surface area contributed by atoms with Gasteiger partial charge in [0, 0.05) is 44.7 Å². The monoisotopic (exact) mass is 1570 g/mol. The summed E-state index contributed by atoms with van der Waals surface area (Å²) in [6.07, 6.45) is -4.80. The summed E-state index contributed by atoms with van der Waals surface area (Å²) in [6, 6.07) is -3.56. The maximum absolute atomic E-state index is 15.0. The van der Waals surface area contributed by atoms with Crippen LogP contribution in [-0.4, -0.2) is 220 Å². The maximum Gasteiger partial charge on any atom is 0.304 e. The van der Waals surface area contributed by atoms with Gasteiger partial charge in [0.1, 0.15) is 72.2 Å². The third-order valence-corrected chi connectivity index (χ3v) is 17.1. The van der Waals surface area contributed by atoms with Crippen LogP contribution in [0.15, 0.2) is 54.6 Å². The number of benzene rings is 2. The standard InChI is InChI=1S/C71H115N21O19/c1-37(2)31-49(65(107)88-50(32-38(3)4)66(108)90-51(34-41-15-8-7-9-16-41)68(110)91-53(36-93)58(75)100)87-62(104)44(17-10-12-28-72)82-61(103)46(19-14-30-81-71(78)79)83-67(109)52(35-42-20-22-43(95)23-21-42)89-64(106)48(25-27-55(74)97)85-63(105)47(24-26-54(73)96)84-60(102)45(18-11-13-29-80-70(76)77)86-69(111)57(40(6)94)92-59(101)39(5)33-56(98)99/h7-9,15-16,20-23,37-40,44-53,57,93-95H,10-14,17-19,24-36,72H2,1-6H3,(H2,73,96)(H2,74,97)(H2,75,100)(H,82,103)(H,83,109)(H,84,102)(H,85,105)(H,86,111)(H,87,104)(H,88,107)(H,89,106)(H,90,108)(H,91,110)(H,92,101)(H,98,99)(H4,76,77,80)(H4,78,79,81)/t39-,40+,44-,45-,46-,47-,48-,49-,50-,51-,52-,53-,57-/m0/s1. The first kappa shape index (κ1) is 95.8. The van der Waals surface area contributed by atoms with E-state index >= 15 is 0 Å². The molecule has 14 amide bonds. The van der Waals surface area contributed by atoms with Crippen molar-refractivity contribution in [2.45, 2.75) is 223 Å². The minimum Gasteiger partial charge on any atom is -0.508 e. The number of aliphatic hydroxyl groups is 2. The number of hydrogen-bond donors (Lipinski definition) is 25. The van der Waals surface area contributed by atoms with E-state index in [1.54, 1.807) is 58.0 Å². The van der Waals surface area contributed by atoms with Crippen molar-refractivity contribution >= 4 is 101 Å². The molecule has 0 heterocycles. The van der Waals surface area contributed by atoms with Crippen LogP contribution in [0.5, 0.6) is 5.75 Å². The number of primary amides is 3. The van der Waals surface area contributed by atoms with Gasteiger partial charge in [-0.25, -0.2) is 0 Å². The number of carbonyl (C=O) groups is 15. The van der Waals surface area contributed by atoms with Gasteiger partial charge in [-0.1, -0.05) is 77.1 Å². The van der Waals surface area contributed by atoms with E-state index in [0.29, 0.717) is 17.5 Å². The normalized spacial score (nSPS) is 14.6. The lowest BCUT2D eigenvalue weighted by Gasteiger charge is -2.29. The number of aromatic hydroxyl groups is 1. The Balaban J connectivity index is 2.71. The van der Waals surface area contributed by atoms with E-state index in [2.05, 4.69) is 69.1 Å². The number of hydrogen-bond acceptors (Lipinski definition) is 21. The maximum atomic E-state index is 15.0. The number of nitrogens with two attached hydrogens (primary N) is 6. The molecule has 0 saturated carbocycles. The van der Waals surface area contributed by atoms with E-state index in [1.807, 2.05) is 0 Å². The molecule has 40 nitrogen and oxygen atoms in total. The zero-order valence-corrected chi connectivity index (χ0v) is 63.6. The van der Waals surface area contributed by atoms with Gasteiger partial charge in [0.2, 0.25) is 82.7 Å². The Bertz CT molecular complexity index is 3460. The molecule has 0 aromatic heterocycles. The summed E-state index contributed by atoms with van der Waals surface area (Å²) in [4.78, 5) is 206. The number of aliphatic hydroxyl groups excluding tert-OH is 2. The molecule has 0 fully saturated rings. The van der Waals surface area contributed by atoms with Crippen LogP contribution in [0.3, 0.4) is 0 Å². The molecule has 0 spiro atoms. The summed E-state index contributed by atoms with van der Waals surface area (Å²) in [5, 5.41) is 88.1. The van der Waals surface area contributed by atoms with Crippen molar-refractivity contribution < 1.29 is 92.3 Å². The van der Waals surface area contributed by atoms with Crippen LogP contribution in [0.1, 0.15) is 149 Å². The van der Waals surface area contributed by atoms with Crippen LogP contribution in [0, 0.1) is 28.6 Å². The van der Waals surface area contributed by atoms with Crippen LogP contribution in [0.2, 0.25) is 0 Å². The van der Waals surface area contributed by atoms with Gasteiger partial charge in [0.15, 0.2) is 11.9 Å². The van der Waals surface area contributed by atoms with E-state index < -0.39 is 218 Å². The SMILES string of the molecule is CC(C)C[C@H](NC(=O)[C@H](CC(C)C)NC(=O)[C@H](CCCCN)NC(=O)[C@H](CCCNC(=N)N)NC(=O)[C@H](Cc1ccc(O)cc1)NC(=O)[C@H](CCC(N)=O)NC(=O)[C@H](CCC(N)=O)NC(=O)[C@H](CCCCNC(=N)N)NC(=O)[C@@H](NC(=O)[C@@H](C)CC(=O)O)[C@@H](C)O)C(=O)N[C@@H](Cc1ccccc1)C(=O)N[C@@H](CO)C(N)=O. The molecule has 2 aromatic rings. The van der Waals surface area contributed by atoms with Gasteiger partial charge in [-0.15, -0.1) is 0 Å². The Morgan fingerprint density at radius 1 is 0.405 bits per heavy atom. The van der Waals surface area contributed by atoms with Gasteiger partial charge >= 0.3 is 5.97 Å². The van der Waals surface area contributed by atoms with Crippen molar-refractivity contribution in [3.8, 4) is 5.75 Å². The lowest BCUT2D eigenvalue weighted by atomic mass is 9.98. The molecular weight excluding hydrogens is 1450 g/mol. The first-order valence-electron chi connectivity index (χ1n) is 36.6. The van der Waals surface area contributed by atoms with Crippen LogP contribution < -0.4 is 104 Å². The fourth-order valence-corrected chi connectivity index (χ4v) is 11.2. The fourth-order valence-electron chi connectivity index (χ4n) is 11.2. The fraction of sp³-hybridized carbons (Fsp3) is 0.592. The number of unbranched alkanes of at least 4 members (excludes halogenated alkanes) is 2. The number of phenolic OH excluding ortho intramolecular Hbond substituents is 1. The molecule has 0 radical (unpaired) electrons. The highest BCUT2D eigenvalue weighted by atomic mass is 16.4. The first-order chi connectivity index (χ1) is 52.2. The molecule has 0 aliphatic heterocycles. The number of carboxylic acids is 1. The van der Waals surface area contributed by atoms with E-state index in [-0.39, 0.29) is 107 Å². The molecule has 0 aliphatic carbocycles. The Hall–Kier alpha value is -11.3. The second-order valence-electron chi connectivity index (χ2n) is 27.9. The average molecular weight is 1570 g/mol. The Kier molecular flexibility index (Phi) is 43.5. The molecule has 2 aromatic carbocycles. The quantitative estimate of drug-likeness (QED) is 0.0167. The lowest BCUT2D eigenvalue weighted by Crippen LogP contribution is -2.61. The smallest absolute Gasteiger partial charge is 0.304 e. The summed E-state index contributed by atoms with van der Waals surface area (Å²) < 4.78 is 0. The van der Waals surface area contributed by atoms with Crippen molar-refractivity contribution in [3.05, 3.63) is 65.7 Å². The predicted molar refractivity (Wildman–Crippen MR) is 404 cm³/mol. The molecule has 13 atom stereocenters. The molecule has 618 valence electrons. The van der Waals surface area contributed by atoms with Crippen molar-refractivity contribution in [1.82, 2.24) is 69.1 Å². The highest BCUT2D eigenvalue weighted by Gasteiger charge is 2.38. The molecule has 0 bridgehead atoms. The summed E-state index contributed by atoms with van der Waals surface area (Å²) >= 11 is 0. The number of phenols is 1.